The lowest BCUT2D eigenvalue weighted by molar-refractivity contribution is 0.0595. The van der Waals surface area contributed by atoms with Gasteiger partial charge in [-0.25, -0.2) is 9.18 Å². The number of methoxy groups -OCH3 is 1. The number of rotatable bonds is 12. The number of ether oxygens (including phenoxy) is 1. The van der Waals surface area contributed by atoms with Crippen molar-refractivity contribution in [2.24, 2.45) is 24.4 Å². The molecule has 6 rings (SSSR count). The third-order valence-corrected chi connectivity index (χ3v) is 10.7. The second-order valence-electron chi connectivity index (χ2n) is 13.4. The van der Waals surface area contributed by atoms with Crippen molar-refractivity contribution in [3.05, 3.63) is 197 Å². The number of benzene rings is 4. The van der Waals surface area contributed by atoms with E-state index in [4.69, 9.17) is 27.9 Å². The van der Waals surface area contributed by atoms with E-state index in [9.17, 15) is 24.8 Å². The summed E-state index contributed by atoms with van der Waals surface area (Å²) in [6, 6.07) is 30.4. The maximum atomic E-state index is 17.1. The molecule has 0 aliphatic heterocycles. The quantitative estimate of drug-likeness (QED) is 0.0550. The van der Waals surface area contributed by atoms with Crippen molar-refractivity contribution < 1.29 is 24.3 Å². The zero-order valence-corrected chi connectivity index (χ0v) is 32.6. The second-order valence-corrected chi connectivity index (χ2v) is 14.2. The minimum atomic E-state index is -0.915. The Morgan fingerprint density at radius 2 is 1.19 bits per heavy atom. The van der Waals surface area contributed by atoms with Gasteiger partial charge in [-0.1, -0.05) is 100 Å². The van der Waals surface area contributed by atoms with Gasteiger partial charge in [0.05, 0.1) is 24.1 Å². The summed E-state index contributed by atoms with van der Waals surface area (Å²) >= 11 is 13.5. The average molecular weight is 808 g/mol. The van der Waals surface area contributed by atoms with Crippen LogP contribution in [0.4, 0.5) is 4.39 Å². The van der Waals surface area contributed by atoms with Gasteiger partial charge in [0.25, 0.3) is 0 Å². The molecule has 0 amide bonds. The minimum absolute atomic E-state index is 0.0893. The lowest BCUT2D eigenvalue weighted by Gasteiger charge is -2.25. The summed E-state index contributed by atoms with van der Waals surface area (Å²) in [5.41, 5.74) is 3.79. The number of carbonyl (C=O) groups is 1. The molecule has 6 aromatic rings. The molecule has 4 aromatic carbocycles. The van der Waals surface area contributed by atoms with E-state index in [2.05, 4.69) is 10.3 Å². The van der Waals surface area contributed by atoms with Crippen LogP contribution in [0, 0.1) is 5.82 Å². The molecule has 2 aromatic heterocycles. The number of halogens is 3. The second kappa shape index (κ2) is 17.7. The highest BCUT2D eigenvalue weighted by molar-refractivity contribution is 6.31. The number of nitrogens with zero attached hydrogens (tertiary/aromatic N) is 4. The van der Waals surface area contributed by atoms with Crippen molar-refractivity contribution in [3.8, 4) is 11.1 Å². The summed E-state index contributed by atoms with van der Waals surface area (Å²) in [4.78, 5) is 37.2. The molecule has 290 valence electrons. The number of hydrogen-bond donors (Lipinski definition) is 2. The fourth-order valence-electron chi connectivity index (χ4n) is 6.99. The van der Waals surface area contributed by atoms with Crippen LogP contribution in [0.5, 0.6) is 0 Å². The molecule has 0 radical (unpaired) electrons. The van der Waals surface area contributed by atoms with E-state index >= 15 is 4.39 Å². The Labute approximate surface area is 337 Å². The van der Waals surface area contributed by atoms with Crippen molar-refractivity contribution in [1.82, 2.24) is 9.13 Å². The van der Waals surface area contributed by atoms with Crippen LogP contribution in [0.15, 0.2) is 141 Å². The SMILES string of the molecule is COC(=O)c1ccc(-c2ccc(C(CC(=NO)c3ccc(=O)n(C)c3)c3ccccc3Cl)cc2)c(C(CC(=NO)c2ccc(=O)n(C)c2)c2ccccc2Cl)c1F. The zero-order chi connectivity index (χ0) is 40.8. The largest absolute Gasteiger partial charge is 0.465 e. The first-order chi connectivity index (χ1) is 27.4. The van der Waals surface area contributed by atoms with Gasteiger partial charge in [0, 0.05) is 90.0 Å². The van der Waals surface area contributed by atoms with E-state index in [-0.39, 0.29) is 40.8 Å². The van der Waals surface area contributed by atoms with Crippen LogP contribution in [0.3, 0.4) is 0 Å². The van der Waals surface area contributed by atoms with E-state index in [1.165, 1.54) is 39.6 Å². The number of esters is 1. The van der Waals surface area contributed by atoms with E-state index in [1.807, 2.05) is 42.5 Å². The summed E-state index contributed by atoms with van der Waals surface area (Å²) in [7, 11) is 4.34. The molecule has 57 heavy (non-hydrogen) atoms. The van der Waals surface area contributed by atoms with Gasteiger partial charge in [-0.15, -0.1) is 0 Å². The highest BCUT2D eigenvalue weighted by Gasteiger charge is 2.30. The number of oxime groups is 2. The van der Waals surface area contributed by atoms with Gasteiger partial charge in [-0.05, 0) is 58.1 Å². The minimum Gasteiger partial charge on any atom is -0.465 e. The van der Waals surface area contributed by atoms with Crippen LogP contribution in [-0.4, -0.2) is 44.1 Å². The molecular weight excluding hydrogens is 770 g/mol. The van der Waals surface area contributed by atoms with E-state index in [1.54, 1.807) is 62.8 Å². The molecule has 0 aliphatic rings. The Morgan fingerprint density at radius 3 is 1.67 bits per heavy atom. The Hall–Kier alpha value is -6.30. The van der Waals surface area contributed by atoms with Crippen LogP contribution in [-0.2, 0) is 18.8 Å². The lowest BCUT2D eigenvalue weighted by Crippen LogP contribution is -2.19. The van der Waals surface area contributed by atoms with Crippen molar-refractivity contribution in [1.29, 1.82) is 0 Å². The molecule has 0 aliphatic carbocycles. The first kappa shape index (κ1) is 40.4. The van der Waals surface area contributed by atoms with Crippen molar-refractivity contribution in [3.63, 3.8) is 0 Å². The summed E-state index contributed by atoms with van der Waals surface area (Å²) in [6.45, 7) is 0. The summed E-state index contributed by atoms with van der Waals surface area (Å²) in [5.74, 6) is -3.07. The van der Waals surface area contributed by atoms with E-state index < -0.39 is 23.6 Å². The van der Waals surface area contributed by atoms with Crippen LogP contribution < -0.4 is 11.1 Å². The predicted molar refractivity (Wildman–Crippen MR) is 219 cm³/mol. The van der Waals surface area contributed by atoms with Gasteiger partial charge < -0.3 is 24.3 Å². The highest BCUT2D eigenvalue weighted by atomic mass is 35.5. The molecule has 0 bridgehead atoms. The van der Waals surface area contributed by atoms with Gasteiger partial charge in [0.15, 0.2) is 0 Å². The number of carbonyl (C=O) groups excluding carboxylic acids is 1. The molecule has 13 heteroatoms. The Kier molecular flexibility index (Phi) is 12.5. The number of aryl methyl sites for hydroxylation is 2. The Bertz CT molecular complexity index is 2640. The van der Waals surface area contributed by atoms with Gasteiger partial charge in [0.2, 0.25) is 11.1 Å². The molecular formula is C44H37Cl2FN4O6. The van der Waals surface area contributed by atoms with Crippen molar-refractivity contribution in [2.75, 3.05) is 7.11 Å². The number of aromatic nitrogens is 2. The molecule has 0 spiro atoms. The standard InChI is InChI=1S/C44H37Cl2FN4O6/c1-50-24-28(16-20-40(50)52)38(48-55)22-34(31-8-4-6-10-36(31)45)27-14-12-26(13-15-27)30-18-19-33(44(54)57-3)43(47)42(30)35(32-9-5-7-11-37(32)46)23-39(49-56)29-17-21-41(53)51(2)25-29/h4-21,24-25,34-35,55-56H,22-23H2,1-3H3. The molecule has 0 fully saturated rings. The van der Waals surface area contributed by atoms with Crippen molar-refractivity contribution >= 4 is 40.6 Å². The first-order valence-electron chi connectivity index (χ1n) is 17.7. The molecule has 2 atom stereocenters. The molecule has 2 N–H and O–H groups in total. The third-order valence-electron chi connectivity index (χ3n) is 9.99. The van der Waals surface area contributed by atoms with Crippen LogP contribution in [0.2, 0.25) is 10.0 Å². The molecule has 0 saturated carbocycles. The maximum absolute atomic E-state index is 17.1. The van der Waals surface area contributed by atoms with E-state index in [0.717, 1.165) is 18.2 Å². The molecule has 10 nitrogen and oxygen atoms in total. The van der Waals surface area contributed by atoms with Crippen LogP contribution >= 0.6 is 23.2 Å². The monoisotopic (exact) mass is 806 g/mol. The molecule has 0 saturated heterocycles. The number of hydrogen-bond acceptors (Lipinski definition) is 8. The zero-order valence-electron chi connectivity index (χ0n) is 31.1. The van der Waals surface area contributed by atoms with Gasteiger partial charge in [-0.3, -0.25) is 9.59 Å². The van der Waals surface area contributed by atoms with Crippen molar-refractivity contribution in [2.45, 2.75) is 24.7 Å². The summed E-state index contributed by atoms with van der Waals surface area (Å²) in [5, 5.41) is 28.5. The summed E-state index contributed by atoms with van der Waals surface area (Å²) in [6.07, 6.45) is 3.23. The highest BCUT2D eigenvalue weighted by Crippen LogP contribution is 2.43. The first-order valence-corrected chi connectivity index (χ1v) is 18.5. The van der Waals surface area contributed by atoms with Gasteiger partial charge >= 0.3 is 5.97 Å². The molecule has 2 heterocycles. The topological polar surface area (TPSA) is 135 Å². The molecule has 2 unspecified atom stereocenters. The fourth-order valence-corrected chi connectivity index (χ4v) is 7.52. The smallest absolute Gasteiger partial charge is 0.340 e. The average Bonchev–Trinajstić information content (AvgIpc) is 3.22. The van der Waals surface area contributed by atoms with E-state index in [0.29, 0.717) is 43.6 Å². The Morgan fingerprint density at radius 1 is 0.702 bits per heavy atom. The number of pyridine rings is 2. The maximum Gasteiger partial charge on any atom is 0.340 e. The third kappa shape index (κ3) is 8.60. The van der Waals surface area contributed by atoms with Gasteiger partial charge in [0.1, 0.15) is 5.82 Å². The Balaban J connectivity index is 1.51. The van der Waals surface area contributed by atoms with Gasteiger partial charge in [-0.2, -0.15) is 0 Å². The normalized spacial score (nSPS) is 12.9. The van der Waals surface area contributed by atoms with Crippen LogP contribution in [0.25, 0.3) is 11.1 Å². The van der Waals surface area contributed by atoms with Crippen LogP contribution in [0.1, 0.15) is 68.4 Å². The predicted octanol–water partition coefficient (Wildman–Crippen LogP) is 8.78. The lowest BCUT2D eigenvalue weighted by atomic mass is 9.80. The fraction of sp³-hybridized carbons (Fsp3) is 0.159. The summed E-state index contributed by atoms with van der Waals surface area (Å²) < 4.78 is 24.8.